The van der Waals surface area contributed by atoms with Crippen LogP contribution in [-0.2, 0) is 0 Å². The zero-order valence-corrected chi connectivity index (χ0v) is 11.7. The van der Waals surface area contributed by atoms with Gasteiger partial charge in [-0.1, -0.05) is 6.92 Å². The van der Waals surface area contributed by atoms with Gasteiger partial charge in [0.15, 0.2) is 0 Å². The third kappa shape index (κ3) is 2.67. The Morgan fingerprint density at radius 1 is 1.45 bits per heavy atom. The minimum Gasteiger partial charge on any atom is -0.351 e. The molecule has 1 aliphatic rings. The molecule has 0 bridgehead atoms. The molecule has 0 atom stereocenters. The predicted octanol–water partition coefficient (Wildman–Crippen LogP) is 1.45. The lowest BCUT2D eigenvalue weighted by atomic mass is 9.81. The van der Waals surface area contributed by atoms with Crippen LogP contribution in [0.15, 0.2) is 30.7 Å². The first-order valence-corrected chi connectivity index (χ1v) is 7.08. The molecule has 20 heavy (non-hydrogen) atoms. The summed E-state index contributed by atoms with van der Waals surface area (Å²) in [7, 11) is 0. The van der Waals surface area contributed by atoms with Crippen LogP contribution in [0, 0.1) is 5.41 Å². The van der Waals surface area contributed by atoms with Crippen molar-refractivity contribution in [3.8, 4) is 0 Å². The van der Waals surface area contributed by atoms with Gasteiger partial charge < -0.3 is 15.0 Å². The highest BCUT2D eigenvalue weighted by molar-refractivity contribution is 5.94. The van der Waals surface area contributed by atoms with Crippen LogP contribution in [0.2, 0.25) is 0 Å². The van der Waals surface area contributed by atoms with Gasteiger partial charge in [-0.15, -0.1) is 0 Å². The lowest BCUT2D eigenvalue weighted by Gasteiger charge is -2.34. The van der Waals surface area contributed by atoms with Crippen molar-refractivity contribution in [2.24, 2.45) is 5.41 Å². The number of fused-ring (bicyclic) bond motifs is 1. The minimum absolute atomic E-state index is 0.0136. The van der Waals surface area contributed by atoms with Crippen LogP contribution < -0.4 is 10.6 Å². The van der Waals surface area contributed by atoms with Crippen molar-refractivity contribution in [3.63, 3.8) is 0 Å². The fourth-order valence-electron chi connectivity index (χ4n) is 2.66. The molecule has 1 fully saturated rings. The third-order valence-electron chi connectivity index (χ3n) is 4.14. The number of pyridine rings is 1. The molecular weight excluding hydrogens is 252 g/mol. The molecule has 1 saturated heterocycles. The van der Waals surface area contributed by atoms with Crippen LogP contribution in [0.3, 0.4) is 0 Å². The maximum Gasteiger partial charge on any atom is 0.252 e. The van der Waals surface area contributed by atoms with E-state index in [-0.39, 0.29) is 11.3 Å². The van der Waals surface area contributed by atoms with Crippen LogP contribution in [0.5, 0.6) is 0 Å². The number of carbonyl (C=O) groups excluding carboxylic acids is 1. The van der Waals surface area contributed by atoms with E-state index in [4.69, 9.17) is 0 Å². The van der Waals surface area contributed by atoms with Crippen molar-refractivity contribution in [1.82, 2.24) is 20.0 Å². The molecule has 2 aromatic heterocycles. The van der Waals surface area contributed by atoms with Gasteiger partial charge in [0.2, 0.25) is 0 Å². The number of piperidine rings is 1. The number of aromatic nitrogens is 2. The number of hydrogen-bond donors (Lipinski definition) is 2. The molecule has 2 aromatic rings. The molecule has 3 heterocycles. The van der Waals surface area contributed by atoms with Crippen LogP contribution >= 0.6 is 0 Å². The second kappa shape index (κ2) is 5.25. The first kappa shape index (κ1) is 13.1. The van der Waals surface area contributed by atoms with E-state index in [2.05, 4.69) is 22.5 Å². The van der Waals surface area contributed by atoms with Crippen molar-refractivity contribution in [2.45, 2.75) is 19.8 Å². The van der Waals surface area contributed by atoms with E-state index in [0.29, 0.717) is 5.56 Å². The normalized spacial score (nSPS) is 18.1. The van der Waals surface area contributed by atoms with Crippen molar-refractivity contribution in [2.75, 3.05) is 19.6 Å². The van der Waals surface area contributed by atoms with Gasteiger partial charge in [-0.2, -0.15) is 0 Å². The second-order valence-corrected chi connectivity index (χ2v) is 5.85. The topological polar surface area (TPSA) is 58.4 Å². The summed E-state index contributed by atoms with van der Waals surface area (Å²) in [5.41, 5.74) is 1.74. The molecule has 5 heteroatoms. The molecular formula is C15H20N4O. The number of imidazole rings is 1. The summed E-state index contributed by atoms with van der Waals surface area (Å²) in [4.78, 5) is 16.4. The quantitative estimate of drug-likeness (QED) is 0.889. The zero-order chi connectivity index (χ0) is 14.0. The summed E-state index contributed by atoms with van der Waals surface area (Å²) in [5, 5.41) is 6.42. The number of nitrogens with zero attached hydrogens (tertiary/aromatic N) is 2. The minimum atomic E-state index is -0.0136. The first-order chi connectivity index (χ1) is 9.66. The van der Waals surface area contributed by atoms with Crippen molar-refractivity contribution in [1.29, 1.82) is 0 Å². The molecule has 0 aliphatic carbocycles. The Kier molecular flexibility index (Phi) is 3.44. The van der Waals surface area contributed by atoms with Gasteiger partial charge in [-0.3, -0.25) is 4.79 Å². The number of rotatable bonds is 3. The van der Waals surface area contributed by atoms with Crippen molar-refractivity contribution >= 4 is 11.6 Å². The Morgan fingerprint density at radius 2 is 2.25 bits per heavy atom. The number of carbonyl (C=O) groups is 1. The molecule has 106 valence electrons. The average Bonchev–Trinajstić information content (AvgIpc) is 2.93. The second-order valence-electron chi connectivity index (χ2n) is 5.85. The highest BCUT2D eigenvalue weighted by Crippen LogP contribution is 2.26. The zero-order valence-electron chi connectivity index (χ0n) is 11.7. The molecule has 3 rings (SSSR count). The third-order valence-corrected chi connectivity index (χ3v) is 4.14. The summed E-state index contributed by atoms with van der Waals surface area (Å²) >= 11 is 0. The first-order valence-electron chi connectivity index (χ1n) is 7.08. The lowest BCUT2D eigenvalue weighted by Crippen LogP contribution is -2.42. The molecule has 0 aromatic carbocycles. The maximum absolute atomic E-state index is 12.2. The van der Waals surface area contributed by atoms with Crippen LogP contribution in [0.25, 0.3) is 5.65 Å². The summed E-state index contributed by atoms with van der Waals surface area (Å²) < 4.78 is 1.86. The van der Waals surface area contributed by atoms with E-state index in [1.165, 1.54) is 0 Å². The Bertz CT molecular complexity index is 613. The summed E-state index contributed by atoms with van der Waals surface area (Å²) in [6.07, 6.45) is 7.61. The summed E-state index contributed by atoms with van der Waals surface area (Å²) in [6, 6.07) is 3.68. The number of nitrogens with one attached hydrogen (secondary N) is 2. The standard InChI is InChI=1S/C15H20N4O/c1-15(4-6-16-7-5-15)11-18-14(20)12-2-3-13-17-8-9-19(13)10-12/h2-3,8-10,16H,4-7,11H2,1H3,(H,18,20). The van der Waals surface area contributed by atoms with Gasteiger partial charge in [0.05, 0.1) is 5.56 Å². The fraction of sp³-hybridized carbons (Fsp3) is 0.467. The Labute approximate surface area is 118 Å². The SMILES string of the molecule is CC1(CNC(=O)c2ccc3nccn3c2)CCNCC1. The fourth-order valence-corrected chi connectivity index (χ4v) is 2.66. The summed E-state index contributed by atoms with van der Waals surface area (Å²) in [6.45, 7) is 5.05. The Morgan fingerprint density at radius 3 is 3.05 bits per heavy atom. The van der Waals surface area contributed by atoms with Crippen LogP contribution in [0.1, 0.15) is 30.1 Å². The van der Waals surface area contributed by atoms with Gasteiger partial charge >= 0.3 is 0 Å². The van der Waals surface area contributed by atoms with E-state index >= 15 is 0 Å². The highest BCUT2D eigenvalue weighted by atomic mass is 16.1. The van der Waals surface area contributed by atoms with E-state index in [9.17, 15) is 4.79 Å². The lowest BCUT2D eigenvalue weighted by molar-refractivity contribution is 0.0922. The van der Waals surface area contributed by atoms with Gasteiger partial charge in [0, 0.05) is 25.1 Å². The summed E-state index contributed by atoms with van der Waals surface area (Å²) in [5.74, 6) is -0.0136. The van der Waals surface area contributed by atoms with Gasteiger partial charge in [-0.25, -0.2) is 4.98 Å². The van der Waals surface area contributed by atoms with Gasteiger partial charge in [0.1, 0.15) is 5.65 Å². The van der Waals surface area contributed by atoms with Gasteiger partial charge in [-0.05, 0) is 43.5 Å². The molecule has 0 saturated carbocycles. The Hall–Kier alpha value is -1.88. The molecule has 0 radical (unpaired) electrons. The van der Waals surface area contributed by atoms with Crippen molar-refractivity contribution < 1.29 is 4.79 Å². The monoisotopic (exact) mass is 272 g/mol. The smallest absolute Gasteiger partial charge is 0.252 e. The van der Waals surface area contributed by atoms with Crippen LogP contribution in [0.4, 0.5) is 0 Å². The van der Waals surface area contributed by atoms with E-state index in [0.717, 1.165) is 38.1 Å². The van der Waals surface area contributed by atoms with E-state index in [1.54, 1.807) is 6.20 Å². The highest BCUT2D eigenvalue weighted by Gasteiger charge is 2.27. The molecule has 0 spiro atoms. The largest absolute Gasteiger partial charge is 0.351 e. The Balaban J connectivity index is 1.66. The number of amides is 1. The van der Waals surface area contributed by atoms with Gasteiger partial charge in [0.25, 0.3) is 5.91 Å². The van der Waals surface area contributed by atoms with Crippen LogP contribution in [-0.4, -0.2) is 34.9 Å². The average molecular weight is 272 g/mol. The van der Waals surface area contributed by atoms with Crippen molar-refractivity contribution in [3.05, 3.63) is 36.3 Å². The van der Waals surface area contributed by atoms with E-state index < -0.39 is 0 Å². The molecule has 1 aliphatic heterocycles. The maximum atomic E-state index is 12.2. The van der Waals surface area contributed by atoms with E-state index in [1.807, 2.05) is 28.9 Å². The molecule has 5 nitrogen and oxygen atoms in total. The molecule has 0 unspecified atom stereocenters. The predicted molar refractivity (Wildman–Crippen MR) is 77.7 cm³/mol. The number of hydrogen-bond acceptors (Lipinski definition) is 3. The molecule has 2 N–H and O–H groups in total. The molecule has 1 amide bonds.